The molecule has 2 aromatic carbocycles. The largest absolute Gasteiger partial charge is 0.320 e. The van der Waals surface area contributed by atoms with Crippen molar-refractivity contribution in [3.8, 4) is 5.69 Å². The number of rotatable bonds is 6. The monoisotopic (exact) mass is 478 g/mol. The third kappa shape index (κ3) is 4.69. The van der Waals surface area contributed by atoms with Gasteiger partial charge in [0.15, 0.2) is 0 Å². The Kier molecular flexibility index (Phi) is 6.62. The van der Waals surface area contributed by atoms with Crippen LogP contribution in [0, 0.1) is 6.92 Å². The maximum absolute atomic E-state index is 13.0. The first-order chi connectivity index (χ1) is 15.9. The van der Waals surface area contributed by atoms with Gasteiger partial charge in [0.25, 0.3) is 11.5 Å². The molecule has 33 heavy (non-hydrogen) atoms. The second kappa shape index (κ2) is 9.60. The quantitative estimate of drug-likeness (QED) is 0.432. The van der Waals surface area contributed by atoms with Gasteiger partial charge in [0.05, 0.1) is 16.3 Å². The zero-order chi connectivity index (χ0) is 23.5. The number of carbonyl (C=O) groups is 2. The number of thiocarbonyl (C=S) groups is 1. The summed E-state index contributed by atoms with van der Waals surface area (Å²) in [5, 5.41) is 2.72. The fraction of sp³-hybridized carbons (Fsp3) is 0.167. The molecule has 3 aromatic rings. The maximum Gasteiger partial charge on any atom is 0.295 e. The summed E-state index contributed by atoms with van der Waals surface area (Å²) in [4.78, 5) is 40.3. The van der Waals surface area contributed by atoms with Crippen LogP contribution in [0.1, 0.15) is 17.7 Å². The first-order valence-corrected chi connectivity index (χ1v) is 11.5. The van der Waals surface area contributed by atoms with E-state index in [0.29, 0.717) is 20.6 Å². The normalized spacial score (nSPS) is 14.8. The van der Waals surface area contributed by atoms with Crippen molar-refractivity contribution >= 4 is 51.9 Å². The van der Waals surface area contributed by atoms with Gasteiger partial charge < -0.3 is 5.32 Å². The average molecular weight is 479 g/mol. The summed E-state index contributed by atoms with van der Waals surface area (Å²) in [6, 6.07) is 18.7. The lowest BCUT2D eigenvalue weighted by atomic mass is 10.2. The molecule has 1 fully saturated rings. The van der Waals surface area contributed by atoms with Gasteiger partial charge in [-0.2, -0.15) is 0 Å². The SMILES string of the molecule is Cc1c(NC(=O)CCN2C(=O)/C(=C/c3ccccc3)SC2=S)c(=O)n(-c2ccccc2)n1C. The molecule has 0 saturated carbocycles. The van der Waals surface area contributed by atoms with Crippen LogP contribution in [0.5, 0.6) is 0 Å². The van der Waals surface area contributed by atoms with Crippen LogP contribution in [0.4, 0.5) is 5.69 Å². The van der Waals surface area contributed by atoms with E-state index in [1.807, 2.05) is 60.7 Å². The number of anilines is 1. The molecular weight excluding hydrogens is 456 g/mol. The minimum atomic E-state index is -0.359. The van der Waals surface area contributed by atoms with E-state index in [1.54, 1.807) is 24.7 Å². The van der Waals surface area contributed by atoms with Crippen molar-refractivity contribution in [2.24, 2.45) is 7.05 Å². The summed E-state index contributed by atoms with van der Waals surface area (Å²) in [5.41, 5.74) is 2.15. The molecule has 1 N–H and O–H groups in total. The zero-order valence-electron chi connectivity index (χ0n) is 18.1. The minimum absolute atomic E-state index is 0.0180. The van der Waals surface area contributed by atoms with Gasteiger partial charge in [0.1, 0.15) is 10.0 Å². The molecule has 1 aliphatic heterocycles. The Morgan fingerprint density at radius 2 is 1.70 bits per heavy atom. The zero-order valence-corrected chi connectivity index (χ0v) is 19.8. The fourth-order valence-electron chi connectivity index (χ4n) is 3.52. The lowest BCUT2D eigenvalue weighted by Crippen LogP contribution is -2.32. The van der Waals surface area contributed by atoms with Crippen molar-refractivity contribution in [2.75, 3.05) is 11.9 Å². The van der Waals surface area contributed by atoms with Crippen molar-refractivity contribution in [3.63, 3.8) is 0 Å². The lowest BCUT2D eigenvalue weighted by Gasteiger charge is -2.13. The fourth-order valence-corrected chi connectivity index (χ4v) is 4.83. The second-order valence-electron chi connectivity index (χ2n) is 7.48. The minimum Gasteiger partial charge on any atom is -0.320 e. The molecule has 0 radical (unpaired) electrons. The Morgan fingerprint density at radius 1 is 1.06 bits per heavy atom. The molecule has 1 aliphatic rings. The Hall–Kier alpha value is -3.43. The van der Waals surface area contributed by atoms with Gasteiger partial charge in [-0.3, -0.25) is 24.0 Å². The van der Waals surface area contributed by atoms with E-state index in [4.69, 9.17) is 12.2 Å². The van der Waals surface area contributed by atoms with Crippen molar-refractivity contribution < 1.29 is 9.59 Å². The van der Waals surface area contributed by atoms with Gasteiger partial charge in [0.2, 0.25) is 5.91 Å². The third-order valence-corrected chi connectivity index (χ3v) is 6.73. The van der Waals surface area contributed by atoms with E-state index in [0.717, 1.165) is 5.56 Å². The van der Waals surface area contributed by atoms with Crippen LogP contribution in [0.3, 0.4) is 0 Å². The summed E-state index contributed by atoms with van der Waals surface area (Å²) in [5.74, 6) is -0.578. The molecule has 168 valence electrons. The molecule has 2 amide bonds. The van der Waals surface area contributed by atoms with Crippen molar-refractivity contribution in [3.05, 3.63) is 87.2 Å². The van der Waals surface area contributed by atoms with E-state index in [1.165, 1.54) is 21.3 Å². The van der Waals surface area contributed by atoms with Crippen LogP contribution in [-0.2, 0) is 16.6 Å². The molecule has 0 bridgehead atoms. The van der Waals surface area contributed by atoms with Gasteiger partial charge in [-0.15, -0.1) is 0 Å². The summed E-state index contributed by atoms with van der Waals surface area (Å²) < 4.78 is 3.61. The Morgan fingerprint density at radius 3 is 2.36 bits per heavy atom. The number of nitrogens with zero attached hydrogens (tertiary/aromatic N) is 3. The molecule has 1 saturated heterocycles. The van der Waals surface area contributed by atoms with Crippen molar-refractivity contribution in [1.82, 2.24) is 14.3 Å². The molecule has 2 heterocycles. The van der Waals surface area contributed by atoms with Gasteiger partial charge in [-0.1, -0.05) is 72.5 Å². The van der Waals surface area contributed by atoms with Crippen LogP contribution >= 0.6 is 24.0 Å². The maximum atomic E-state index is 13.0. The molecule has 7 nitrogen and oxygen atoms in total. The number of carbonyl (C=O) groups excluding carboxylic acids is 2. The van der Waals surface area contributed by atoms with Crippen molar-refractivity contribution in [1.29, 1.82) is 0 Å². The van der Waals surface area contributed by atoms with Crippen LogP contribution in [0.25, 0.3) is 11.8 Å². The van der Waals surface area contributed by atoms with Gasteiger partial charge in [-0.25, -0.2) is 4.68 Å². The highest BCUT2D eigenvalue weighted by Gasteiger charge is 2.32. The van der Waals surface area contributed by atoms with E-state index in [-0.39, 0.29) is 36.0 Å². The number of amides is 2. The number of aromatic nitrogens is 2. The van der Waals surface area contributed by atoms with Crippen LogP contribution in [-0.4, -0.2) is 36.9 Å². The van der Waals surface area contributed by atoms with E-state index >= 15 is 0 Å². The molecule has 0 unspecified atom stereocenters. The van der Waals surface area contributed by atoms with Crippen molar-refractivity contribution in [2.45, 2.75) is 13.3 Å². The predicted molar refractivity (Wildman–Crippen MR) is 135 cm³/mol. The number of hydrogen-bond donors (Lipinski definition) is 1. The first-order valence-electron chi connectivity index (χ1n) is 10.3. The van der Waals surface area contributed by atoms with E-state index in [2.05, 4.69) is 5.32 Å². The van der Waals surface area contributed by atoms with Gasteiger partial charge >= 0.3 is 0 Å². The number of nitrogens with one attached hydrogen (secondary N) is 1. The molecule has 9 heteroatoms. The number of hydrogen-bond acceptors (Lipinski definition) is 5. The highest BCUT2D eigenvalue weighted by molar-refractivity contribution is 8.26. The molecule has 0 atom stereocenters. The second-order valence-corrected chi connectivity index (χ2v) is 9.15. The topological polar surface area (TPSA) is 76.3 Å². The summed E-state index contributed by atoms with van der Waals surface area (Å²) in [6.07, 6.45) is 1.81. The average Bonchev–Trinajstić information content (AvgIpc) is 3.20. The lowest BCUT2D eigenvalue weighted by molar-refractivity contribution is -0.122. The van der Waals surface area contributed by atoms with Crippen LogP contribution in [0.15, 0.2) is 70.4 Å². The summed E-state index contributed by atoms with van der Waals surface area (Å²) in [6.45, 7) is 1.91. The molecule has 1 aromatic heterocycles. The number of benzene rings is 2. The van der Waals surface area contributed by atoms with Crippen LogP contribution in [0.2, 0.25) is 0 Å². The van der Waals surface area contributed by atoms with E-state index < -0.39 is 0 Å². The summed E-state index contributed by atoms with van der Waals surface area (Å²) in [7, 11) is 1.76. The van der Waals surface area contributed by atoms with Crippen LogP contribution < -0.4 is 10.9 Å². The Labute approximate surface area is 200 Å². The number of para-hydroxylation sites is 1. The molecule has 0 spiro atoms. The highest BCUT2D eigenvalue weighted by atomic mass is 32.2. The molecular formula is C24H22N4O3S2. The Balaban J connectivity index is 1.44. The predicted octanol–water partition coefficient (Wildman–Crippen LogP) is 3.71. The van der Waals surface area contributed by atoms with E-state index in [9.17, 15) is 14.4 Å². The first kappa shape index (κ1) is 22.8. The molecule has 0 aliphatic carbocycles. The highest BCUT2D eigenvalue weighted by Crippen LogP contribution is 2.32. The number of thioether (sulfide) groups is 1. The van der Waals surface area contributed by atoms with Gasteiger partial charge in [0, 0.05) is 20.0 Å². The smallest absolute Gasteiger partial charge is 0.295 e. The molecule has 4 rings (SSSR count). The third-order valence-electron chi connectivity index (χ3n) is 5.35. The summed E-state index contributed by atoms with van der Waals surface area (Å²) >= 11 is 6.57. The standard InChI is InChI=1S/C24H22N4O3S2/c1-16-21(23(31)28(26(16)2)18-11-7-4-8-12-18)25-20(29)13-14-27-22(30)19(33-24(27)32)15-17-9-5-3-6-10-17/h3-12,15H,13-14H2,1-2H3,(H,25,29)/b19-15-. The Bertz CT molecular complexity index is 1310. The van der Waals surface area contributed by atoms with Gasteiger partial charge in [-0.05, 0) is 30.7 Å².